The summed E-state index contributed by atoms with van der Waals surface area (Å²) in [6.45, 7) is 5.47. The fourth-order valence-electron chi connectivity index (χ4n) is 2.34. The molecule has 24 heavy (non-hydrogen) atoms. The first-order chi connectivity index (χ1) is 11.3. The number of nitrogens with one attached hydrogen (secondary N) is 1. The molecule has 1 atom stereocenters. The van der Waals surface area contributed by atoms with Gasteiger partial charge >= 0.3 is 5.97 Å². The Kier molecular flexibility index (Phi) is 5.57. The van der Waals surface area contributed by atoms with Crippen molar-refractivity contribution in [1.82, 2.24) is 15.1 Å². The topological polar surface area (TPSA) is 93.5 Å². The molecule has 1 aromatic carbocycles. The molecule has 1 unspecified atom stereocenters. The highest BCUT2D eigenvalue weighted by Crippen LogP contribution is 2.17. The van der Waals surface area contributed by atoms with Gasteiger partial charge in [0.25, 0.3) is 0 Å². The molecule has 2 N–H and O–H groups in total. The lowest BCUT2D eigenvalue weighted by atomic mass is 10.1. The quantitative estimate of drug-likeness (QED) is 0.807. The zero-order valence-corrected chi connectivity index (χ0v) is 13.9. The largest absolute Gasteiger partial charge is 0.482 e. The summed E-state index contributed by atoms with van der Waals surface area (Å²) in [4.78, 5) is 22.6. The van der Waals surface area contributed by atoms with E-state index in [-0.39, 0.29) is 25.1 Å². The van der Waals surface area contributed by atoms with Crippen LogP contribution < -0.4 is 10.1 Å². The van der Waals surface area contributed by atoms with Crippen molar-refractivity contribution >= 4 is 11.9 Å². The lowest BCUT2D eigenvalue weighted by Crippen LogP contribution is -2.30. The van der Waals surface area contributed by atoms with Gasteiger partial charge in [0.05, 0.1) is 11.7 Å². The molecular formula is C17H21N3O4. The summed E-state index contributed by atoms with van der Waals surface area (Å²) in [5.41, 5.74) is 2.72. The van der Waals surface area contributed by atoms with Crippen LogP contribution in [0.3, 0.4) is 0 Å². The number of hydrogen-bond acceptors (Lipinski definition) is 4. The first kappa shape index (κ1) is 17.5. The summed E-state index contributed by atoms with van der Waals surface area (Å²) < 4.78 is 6.75. The molecule has 7 heteroatoms. The van der Waals surface area contributed by atoms with Crippen LogP contribution in [0.4, 0.5) is 0 Å². The minimum atomic E-state index is -1.02. The van der Waals surface area contributed by atoms with Gasteiger partial charge in [-0.3, -0.25) is 9.48 Å². The Hall–Kier alpha value is -2.83. The molecule has 1 aromatic heterocycles. The Bertz CT molecular complexity index is 722. The molecule has 7 nitrogen and oxygen atoms in total. The van der Waals surface area contributed by atoms with Crippen LogP contribution >= 0.6 is 0 Å². The average molecular weight is 331 g/mol. The summed E-state index contributed by atoms with van der Waals surface area (Å²) in [5, 5.41) is 15.8. The molecule has 2 aromatic rings. The van der Waals surface area contributed by atoms with Gasteiger partial charge in [0.2, 0.25) is 5.91 Å². The first-order valence-corrected chi connectivity index (χ1v) is 7.60. The minimum Gasteiger partial charge on any atom is -0.482 e. The predicted octanol–water partition coefficient (Wildman–Crippen LogP) is 1.84. The average Bonchev–Trinajstić information content (AvgIpc) is 2.83. The molecule has 0 aliphatic rings. The summed E-state index contributed by atoms with van der Waals surface area (Å²) in [5.74, 6) is -0.675. The van der Waals surface area contributed by atoms with Gasteiger partial charge in [-0.25, -0.2) is 4.79 Å². The van der Waals surface area contributed by atoms with Crippen molar-refractivity contribution in [2.24, 2.45) is 0 Å². The van der Waals surface area contributed by atoms with Crippen molar-refractivity contribution in [3.63, 3.8) is 0 Å². The standard InChI is InChI=1S/C17H21N3O4/c1-11-8-12(2)20(19-11)9-16(21)18-13(3)14-4-6-15(7-5-14)24-10-17(22)23/h4-8,13H,9-10H2,1-3H3,(H,18,21)(H,22,23). The van der Waals surface area contributed by atoms with Crippen LogP contribution in [0.25, 0.3) is 0 Å². The minimum absolute atomic E-state index is 0.125. The van der Waals surface area contributed by atoms with Gasteiger partial charge in [0.15, 0.2) is 6.61 Å². The van der Waals surface area contributed by atoms with Crippen molar-refractivity contribution in [3.05, 3.63) is 47.3 Å². The monoisotopic (exact) mass is 331 g/mol. The van der Waals surface area contributed by atoms with E-state index in [4.69, 9.17) is 9.84 Å². The molecule has 1 heterocycles. The third-order valence-electron chi connectivity index (χ3n) is 3.52. The highest BCUT2D eigenvalue weighted by Gasteiger charge is 2.12. The third kappa shape index (κ3) is 4.84. The second kappa shape index (κ2) is 7.63. The van der Waals surface area contributed by atoms with E-state index < -0.39 is 5.97 Å². The van der Waals surface area contributed by atoms with Gasteiger partial charge in [-0.1, -0.05) is 12.1 Å². The first-order valence-electron chi connectivity index (χ1n) is 7.60. The lowest BCUT2D eigenvalue weighted by Gasteiger charge is -2.15. The molecule has 1 amide bonds. The van der Waals surface area contributed by atoms with Crippen LogP contribution in [0.1, 0.15) is 29.9 Å². The zero-order valence-electron chi connectivity index (χ0n) is 13.9. The predicted molar refractivity (Wildman–Crippen MR) is 87.8 cm³/mol. The Morgan fingerprint density at radius 2 is 1.96 bits per heavy atom. The molecular weight excluding hydrogens is 310 g/mol. The van der Waals surface area contributed by atoms with Gasteiger partial charge in [0.1, 0.15) is 12.3 Å². The molecule has 0 bridgehead atoms. The number of rotatable bonds is 7. The van der Waals surface area contributed by atoms with Crippen molar-refractivity contribution in [3.8, 4) is 5.75 Å². The van der Waals surface area contributed by atoms with Gasteiger partial charge in [0, 0.05) is 5.69 Å². The number of ether oxygens (including phenoxy) is 1. The van der Waals surface area contributed by atoms with E-state index in [9.17, 15) is 9.59 Å². The fourth-order valence-corrected chi connectivity index (χ4v) is 2.34. The number of carbonyl (C=O) groups is 2. The zero-order chi connectivity index (χ0) is 17.7. The van der Waals surface area contributed by atoms with E-state index in [1.807, 2.05) is 26.8 Å². The molecule has 2 rings (SSSR count). The number of hydrogen-bond donors (Lipinski definition) is 2. The maximum absolute atomic E-state index is 12.1. The number of carboxylic acid groups (broad SMARTS) is 1. The van der Waals surface area contributed by atoms with Crippen molar-refractivity contribution in [2.75, 3.05) is 6.61 Å². The van der Waals surface area contributed by atoms with E-state index in [1.165, 1.54) is 0 Å². The van der Waals surface area contributed by atoms with Crippen LogP contribution in [0, 0.1) is 13.8 Å². The number of aromatic nitrogens is 2. The van der Waals surface area contributed by atoms with Gasteiger partial charge in [-0.2, -0.15) is 5.10 Å². The van der Waals surface area contributed by atoms with Gasteiger partial charge < -0.3 is 15.2 Å². The van der Waals surface area contributed by atoms with E-state index in [1.54, 1.807) is 28.9 Å². The Labute approximate surface area is 140 Å². The molecule has 0 saturated heterocycles. The highest BCUT2D eigenvalue weighted by atomic mass is 16.5. The Morgan fingerprint density at radius 1 is 1.29 bits per heavy atom. The lowest BCUT2D eigenvalue weighted by molar-refractivity contribution is -0.139. The van der Waals surface area contributed by atoms with E-state index in [2.05, 4.69) is 10.4 Å². The molecule has 128 valence electrons. The number of nitrogens with zero attached hydrogens (tertiary/aromatic N) is 2. The number of benzene rings is 1. The third-order valence-corrected chi connectivity index (χ3v) is 3.52. The van der Waals surface area contributed by atoms with E-state index >= 15 is 0 Å². The number of aliphatic carboxylic acids is 1. The van der Waals surface area contributed by atoms with Crippen molar-refractivity contribution < 1.29 is 19.4 Å². The molecule has 0 saturated carbocycles. The van der Waals surface area contributed by atoms with Crippen LogP contribution in [0.2, 0.25) is 0 Å². The Balaban J connectivity index is 1.91. The normalized spacial score (nSPS) is 11.8. The molecule has 0 fully saturated rings. The molecule has 0 radical (unpaired) electrons. The second-order valence-corrected chi connectivity index (χ2v) is 5.63. The van der Waals surface area contributed by atoms with Gasteiger partial charge in [-0.05, 0) is 44.5 Å². The van der Waals surface area contributed by atoms with Crippen LogP contribution in [-0.4, -0.2) is 33.4 Å². The van der Waals surface area contributed by atoms with Gasteiger partial charge in [-0.15, -0.1) is 0 Å². The summed E-state index contributed by atoms with van der Waals surface area (Å²) >= 11 is 0. The maximum Gasteiger partial charge on any atom is 0.341 e. The number of amides is 1. The summed E-state index contributed by atoms with van der Waals surface area (Å²) in [6, 6.07) is 8.70. The summed E-state index contributed by atoms with van der Waals surface area (Å²) in [6.07, 6.45) is 0. The van der Waals surface area contributed by atoms with E-state index in [0.29, 0.717) is 5.75 Å². The maximum atomic E-state index is 12.1. The smallest absolute Gasteiger partial charge is 0.341 e. The van der Waals surface area contributed by atoms with E-state index in [0.717, 1.165) is 17.0 Å². The molecule has 0 spiro atoms. The van der Waals surface area contributed by atoms with Crippen LogP contribution in [0.15, 0.2) is 30.3 Å². The van der Waals surface area contributed by atoms with Crippen molar-refractivity contribution in [2.45, 2.75) is 33.4 Å². The Morgan fingerprint density at radius 3 is 2.50 bits per heavy atom. The fraction of sp³-hybridized carbons (Fsp3) is 0.353. The SMILES string of the molecule is Cc1cc(C)n(CC(=O)NC(C)c2ccc(OCC(=O)O)cc2)n1. The van der Waals surface area contributed by atoms with Crippen LogP contribution in [0.5, 0.6) is 5.75 Å². The van der Waals surface area contributed by atoms with Crippen LogP contribution in [-0.2, 0) is 16.1 Å². The molecule has 0 aliphatic carbocycles. The number of aryl methyl sites for hydroxylation is 2. The van der Waals surface area contributed by atoms with Crippen molar-refractivity contribution in [1.29, 1.82) is 0 Å². The second-order valence-electron chi connectivity index (χ2n) is 5.63. The molecule has 0 aliphatic heterocycles. The summed E-state index contributed by atoms with van der Waals surface area (Å²) in [7, 11) is 0. The highest BCUT2D eigenvalue weighted by molar-refractivity contribution is 5.76. The number of carbonyl (C=O) groups excluding carboxylic acids is 1. The number of carboxylic acids is 1.